The van der Waals surface area contributed by atoms with Gasteiger partial charge in [-0.25, -0.2) is 0 Å². The number of nitrogens with zero attached hydrogens (tertiary/aromatic N) is 3. The van der Waals surface area contributed by atoms with E-state index in [4.69, 9.17) is 4.52 Å². The van der Waals surface area contributed by atoms with E-state index in [0.29, 0.717) is 34.8 Å². The molecule has 0 radical (unpaired) electrons. The maximum absolute atomic E-state index is 12.5. The van der Waals surface area contributed by atoms with E-state index in [2.05, 4.69) is 22.3 Å². The zero-order chi connectivity index (χ0) is 16.2. The molecule has 3 aromatic rings. The summed E-state index contributed by atoms with van der Waals surface area (Å²) in [6.45, 7) is 4.36. The van der Waals surface area contributed by atoms with Crippen LogP contribution in [0.4, 0.5) is 0 Å². The summed E-state index contributed by atoms with van der Waals surface area (Å²) in [7, 11) is 0. The zero-order valence-electron chi connectivity index (χ0n) is 13.0. The quantitative estimate of drug-likeness (QED) is 0.739. The lowest BCUT2D eigenvalue weighted by molar-refractivity contribution is 0.0995. The van der Waals surface area contributed by atoms with E-state index in [1.165, 1.54) is 11.3 Å². The molecule has 0 aliphatic carbocycles. The number of benzene rings is 1. The summed E-state index contributed by atoms with van der Waals surface area (Å²) >= 11 is 1.44. The van der Waals surface area contributed by atoms with Gasteiger partial charge in [-0.05, 0) is 18.9 Å². The van der Waals surface area contributed by atoms with E-state index in [1.54, 1.807) is 6.92 Å². The van der Waals surface area contributed by atoms with Crippen molar-refractivity contribution in [2.75, 3.05) is 0 Å². The Balaban J connectivity index is 1.93. The van der Waals surface area contributed by atoms with Gasteiger partial charge < -0.3 is 9.09 Å². The lowest BCUT2D eigenvalue weighted by atomic mass is 10.1. The molecule has 5 nitrogen and oxygen atoms in total. The van der Waals surface area contributed by atoms with Gasteiger partial charge in [-0.1, -0.05) is 42.4 Å². The van der Waals surface area contributed by atoms with Crippen LogP contribution in [0.5, 0.6) is 0 Å². The van der Waals surface area contributed by atoms with Gasteiger partial charge in [-0.15, -0.1) is 11.3 Å². The molecule has 0 aliphatic heterocycles. The average Bonchev–Trinajstić information content (AvgIpc) is 3.14. The minimum absolute atomic E-state index is 0.301. The molecular weight excluding hydrogens is 310 g/mol. The van der Waals surface area contributed by atoms with Crippen molar-refractivity contribution in [3.63, 3.8) is 0 Å². The van der Waals surface area contributed by atoms with Crippen LogP contribution >= 0.6 is 11.3 Å². The third-order valence-electron chi connectivity index (χ3n) is 3.54. The molecule has 0 saturated carbocycles. The lowest BCUT2D eigenvalue weighted by Gasteiger charge is -2.02. The number of rotatable bonds is 4. The summed E-state index contributed by atoms with van der Waals surface area (Å²) in [5.41, 5.74) is 2.30. The molecule has 0 spiro atoms. The van der Waals surface area contributed by atoms with E-state index in [0.717, 1.165) is 5.56 Å². The number of hydrogen-bond donors (Lipinski definition) is 0. The van der Waals surface area contributed by atoms with Crippen LogP contribution in [0.1, 0.15) is 34.3 Å². The number of thiazole rings is 1. The maximum Gasteiger partial charge on any atom is 0.285 e. The predicted molar refractivity (Wildman–Crippen MR) is 88.4 cm³/mol. The van der Waals surface area contributed by atoms with Crippen molar-refractivity contribution >= 4 is 17.2 Å². The molecule has 0 atom stereocenters. The van der Waals surface area contributed by atoms with Crippen LogP contribution in [0, 0.1) is 6.92 Å². The number of aromatic nitrogens is 2. The molecule has 3 rings (SSSR count). The van der Waals surface area contributed by atoms with Crippen molar-refractivity contribution in [3.8, 4) is 0 Å². The Morgan fingerprint density at radius 1 is 1.35 bits per heavy atom. The second-order valence-corrected chi connectivity index (χ2v) is 6.00. The molecule has 1 amide bonds. The molecular formula is C17H17N3O2S. The average molecular weight is 327 g/mol. The molecule has 0 N–H and O–H groups in total. The largest absolute Gasteiger partial charge is 0.361 e. The summed E-state index contributed by atoms with van der Waals surface area (Å²) < 4.78 is 7.08. The first kappa shape index (κ1) is 15.4. The Bertz CT molecular complexity index is 875. The van der Waals surface area contributed by atoms with E-state index >= 15 is 0 Å². The fourth-order valence-corrected chi connectivity index (χ4v) is 3.09. The van der Waals surface area contributed by atoms with E-state index in [1.807, 2.05) is 41.3 Å². The molecule has 0 bridgehead atoms. The second-order valence-electron chi connectivity index (χ2n) is 5.13. The fourth-order valence-electron chi connectivity index (χ4n) is 2.36. The van der Waals surface area contributed by atoms with Crippen LogP contribution in [0.25, 0.3) is 0 Å². The fraction of sp³-hybridized carbons (Fsp3) is 0.235. The van der Waals surface area contributed by atoms with Crippen LogP contribution in [-0.4, -0.2) is 15.6 Å². The molecule has 2 heterocycles. The van der Waals surface area contributed by atoms with Crippen molar-refractivity contribution in [2.24, 2.45) is 4.99 Å². The Kier molecular flexibility index (Phi) is 4.52. The highest BCUT2D eigenvalue weighted by atomic mass is 32.1. The molecule has 0 saturated heterocycles. The third-order valence-corrected chi connectivity index (χ3v) is 4.33. The Hall–Kier alpha value is -2.47. The van der Waals surface area contributed by atoms with E-state index in [9.17, 15) is 4.79 Å². The topological polar surface area (TPSA) is 60.4 Å². The first-order valence-corrected chi connectivity index (χ1v) is 8.29. The Morgan fingerprint density at radius 3 is 2.87 bits per heavy atom. The first-order chi connectivity index (χ1) is 11.2. The lowest BCUT2D eigenvalue weighted by Crippen LogP contribution is -2.17. The zero-order valence-corrected chi connectivity index (χ0v) is 13.8. The SMILES string of the molecule is CCc1noc(C)c1C(=O)N=c1sccn1Cc1ccccc1. The van der Waals surface area contributed by atoms with Gasteiger partial charge in [0.25, 0.3) is 5.91 Å². The van der Waals surface area contributed by atoms with Gasteiger partial charge in [0.05, 0.1) is 5.69 Å². The Labute approximate surface area is 137 Å². The van der Waals surface area contributed by atoms with Gasteiger partial charge in [-0.2, -0.15) is 4.99 Å². The van der Waals surface area contributed by atoms with Gasteiger partial charge in [0, 0.05) is 18.1 Å². The third kappa shape index (κ3) is 3.32. The number of aryl methyl sites for hydroxylation is 2. The molecule has 0 fully saturated rings. The van der Waals surface area contributed by atoms with E-state index < -0.39 is 0 Å². The maximum atomic E-state index is 12.5. The summed E-state index contributed by atoms with van der Waals surface area (Å²) in [6.07, 6.45) is 2.58. The van der Waals surface area contributed by atoms with Gasteiger partial charge in [0.1, 0.15) is 11.3 Å². The molecule has 1 aromatic carbocycles. The number of amides is 1. The molecule has 23 heavy (non-hydrogen) atoms. The summed E-state index contributed by atoms with van der Waals surface area (Å²) in [4.78, 5) is 17.4. The van der Waals surface area contributed by atoms with Crippen LogP contribution in [0.2, 0.25) is 0 Å². The van der Waals surface area contributed by atoms with Gasteiger partial charge >= 0.3 is 0 Å². The van der Waals surface area contributed by atoms with Gasteiger partial charge in [0.15, 0.2) is 4.80 Å². The van der Waals surface area contributed by atoms with Crippen molar-refractivity contribution in [1.29, 1.82) is 0 Å². The number of carbonyl (C=O) groups excluding carboxylic acids is 1. The Morgan fingerprint density at radius 2 is 2.13 bits per heavy atom. The molecule has 0 aliphatic rings. The molecule has 0 unspecified atom stereocenters. The number of hydrogen-bond acceptors (Lipinski definition) is 4. The van der Waals surface area contributed by atoms with Gasteiger partial charge in [0.2, 0.25) is 0 Å². The van der Waals surface area contributed by atoms with Crippen LogP contribution in [-0.2, 0) is 13.0 Å². The van der Waals surface area contributed by atoms with Crippen molar-refractivity contribution in [3.05, 3.63) is 69.3 Å². The summed E-state index contributed by atoms with van der Waals surface area (Å²) in [6, 6.07) is 10.1. The van der Waals surface area contributed by atoms with Crippen LogP contribution in [0.15, 0.2) is 51.4 Å². The highest BCUT2D eigenvalue weighted by Crippen LogP contribution is 2.15. The van der Waals surface area contributed by atoms with Crippen LogP contribution < -0.4 is 4.80 Å². The molecule has 118 valence electrons. The molecule has 6 heteroatoms. The monoisotopic (exact) mass is 327 g/mol. The summed E-state index contributed by atoms with van der Waals surface area (Å²) in [5.74, 6) is 0.214. The smallest absolute Gasteiger partial charge is 0.285 e. The number of carbonyl (C=O) groups is 1. The highest BCUT2D eigenvalue weighted by Gasteiger charge is 2.18. The predicted octanol–water partition coefficient (Wildman–Crippen LogP) is 3.20. The molecule has 2 aromatic heterocycles. The standard InChI is InChI=1S/C17H17N3O2S/c1-3-14-15(12(2)22-19-14)16(21)18-17-20(9-10-23-17)11-13-7-5-4-6-8-13/h4-10H,3,11H2,1-2H3. The van der Waals surface area contributed by atoms with Gasteiger partial charge in [-0.3, -0.25) is 4.79 Å². The van der Waals surface area contributed by atoms with Crippen molar-refractivity contribution < 1.29 is 9.32 Å². The van der Waals surface area contributed by atoms with Crippen LogP contribution in [0.3, 0.4) is 0 Å². The minimum atomic E-state index is -0.301. The summed E-state index contributed by atoms with van der Waals surface area (Å²) in [5, 5.41) is 5.84. The van der Waals surface area contributed by atoms with Crippen molar-refractivity contribution in [2.45, 2.75) is 26.8 Å². The van der Waals surface area contributed by atoms with E-state index in [-0.39, 0.29) is 5.91 Å². The highest BCUT2D eigenvalue weighted by molar-refractivity contribution is 7.07. The second kappa shape index (κ2) is 6.75. The van der Waals surface area contributed by atoms with Crippen molar-refractivity contribution in [1.82, 2.24) is 9.72 Å². The first-order valence-electron chi connectivity index (χ1n) is 7.41. The normalized spacial score (nSPS) is 11.8. The minimum Gasteiger partial charge on any atom is -0.361 e.